The maximum atomic E-state index is 11.3. The molecule has 0 fully saturated rings. The highest BCUT2D eigenvalue weighted by Crippen LogP contribution is 2.16. The fraction of sp³-hybridized carbons (Fsp3) is 0.400. The first kappa shape index (κ1) is 10.1. The van der Waals surface area contributed by atoms with Gasteiger partial charge in [-0.25, -0.2) is 0 Å². The van der Waals surface area contributed by atoms with Gasteiger partial charge in [-0.1, -0.05) is 13.8 Å². The average molecular weight is 196 g/mol. The number of hydrogen-bond donors (Lipinski definition) is 0. The van der Waals surface area contributed by atoms with Crippen molar-refractivity contribution in [1.82, 2.24) is 0 Å². The summed E-state index contributed by atoms with van der Waals surface area (Å²) in [5, 5.41) is 0. The number of carbonyl (C=O) groups excluding carboxylic acids is 2. The summed E-state index contributed by atoms with van der Waals surface area (Å²) in [5.41, 5.74) is 0. The van der Waals surface area contributed by atoms with Crippen molar-refractivity contribution in [3.8, 4) is 0 Å². The first-order valence-electron chi connectivity index (χ1n) is 4.20. The molecular formula is C10H12O2S. The summed E-state index contributed by atoms with van der Waals surface area (Å²) >= 11 is 1.39. The normalized spacial score (nSPS) is 10.4. The van der Waals surface area contributed by atoms with Crippen LogP contribution in [0.4, 0.5) is 0 Å². The highest BCUT2D eigenvalue weighted by Gasteiger charge is 2.09. The molecule has 70 valence electrons. The van der Waals surface area contributed by atoms with Gasteiger partial charge in [0.1, 0.15) is 5.78 Å². The number of hydrogen-bond acceptors (Lipinski definition) is 3. The molecule has 0 radical (unpaired) electrons. The average Bonchev–Trinajstić information content (AvgIpc) is 2.52. The molecule has 0 aromatic carbocycles. The molecule has 0 atom stereocenters. The number of Topliss-reactive ketones (excluding diaryl/α,β-unsaturated/α-hetero) is 1. The van der Waals surface area contributed by atoms with E-state index >= 15 is 0 Å². The van der Waals surface area contributed by atoms with Crippen LogP contribution in [0.2, 0.25) is 0 Å². The van der Waals surface area contributed by atoms with Crippen molar-refractivity contribution in [2.45, 2.75) is 20.3 Å². The molecule has 0 N–H and O–H groups in total. The van der Waals surface area contributed by atoms with Gasteiger partial charge in [0.05, 0.1) is 4.88 Å². The minimum atomic E-state index is 0.0711. The SMILES string of the molecule is CC(C)C(=O)Cc1ccc(C=O)s1. The van der Waals surface area contributed by atoms with E-state index in [4.69, 9.17) is 0 Å². The van der Waals surface area contributed by atoms with Crippen LogP contribution in [0.5, 0.6) is 0 Å². The van der Waals surface area contributed by atoms with E-state index in [1.807, 2.05) is 19.9 Å². The van der Waals surface area contributed by atoms with Gasteiger partial charge in [0, 0.05) is 17.2 Å². The second-order valence-corrected chi connectivity index (χ2v) is 4.42. The van der Waals surface area contributed by atoms with E-state index < -0.39 is 0 Å². The van der Waals surface area contributed by atoms with Crippen LogP contribution in [-0.2, 0) is 11.2 Å². The van der Waals surface area contributed by atoms with Crippen LogP contribution in [0.1, 0.15) is 28.4 Å². The van der Waals surface area contributed by atoms with Gasteiger partial charge in [-0.15, -0.1) is 11.3 Å². The minimum absolute atomic E-state index is 0.0711. The van der Waals surface area contributed by atoms with Gasteiger partial charge in [-0.2, -0.15) is 0 Å². The second-order valence-electron chi connectivity index (χ2n) is 3.22. The molecule has 0 unspecified atom stereocenters. The van der Waals surface area contributed by atoms with E-state index in [9.17, 15) is 9.59 Å². The topological polar surface area (TPSA) is 34.1 Å². The van der Waals surface area contributed by atoms with Crippen LogP contribution in [0.25, 0.3) is 0 Å². The van der Waals surface area contributed by atoms with Crippen LogP contribution in [0.15, 0.2) is 12.1 Å². The number of aldehydes is 1. The Kier molecular flexibility index (Phi) is 3.37. The molecule has 13 heavy (non-hydrogen) atoms. The van der Waals surface area contributed by atoms with Crippen LogP contribution < -0.4 is 0 Å². The van der Waals surface area contributed by atoms with Crippen molar-refractivity contribution in [1.29, 1.82) is 0 Å². The summed E-state index contributed by atoms with van der Waals surface area (Å²) in [6, 6.07) is 3.59. The predicted molar refractivity (Wildman–Crippen MR) is 53.3 cm³/mol. The van der Waals surface area contributed by atoms with Gasteiger partial charge in [-0.3, -0.25) is 9.59 Å². The largest absolute Gasteiger partial charge is 0.299 e. The van der Waals surface area contributed by atoms with Gasteiger partial charge < -0.3 is 0 Å². The predicted octanol–water partition coefficient (Wildman–Crippen LogP) is 2.33. The lowest BCUT2D eigenvalue weighted by Gasteiger charge is -2.00. The fourth-order valence-corrected chi connectivity index (χ4v) is 1.77. The van der Waals surface area contributed by atoms with Crippen molar-refractivity contribution < 1.29 is 9.59 Å². The third-order valence-electron chi connectivity index (χ3n) is 1.79. The monoisotopic (exact) mass is 196 g/mol. The van der Waals surface area contributed by atoms with Crippen LogP contribution in [-0.4, -0.2) is 12.1 Å². The van der Waals surface area contributed by atoms with Crippen molar-refractivity contribution in [3.05, 3.63) is 21.9 Å². The van der Waals surface area contributed by atoms with E-state index in [1.54, 1.807) is 6.07 Å². The molecule has 0 aliphatic rings. The summed E-state index contributed by atoms with van der Waals surface area (Å²) in [6.45, 7) is 3.77. The fourth-order valence-electron chi connectivity index (χ4n) is 0.929. The quantitative estimate of drug-likeness (QED) is 0.692. The molecule has 2 nitrogen and oxygen atoms in total. The summed E-state index contributed by atoms with van der Waals surface area (Å²) in [5.74, 6) is 0.293. The van der Waals surface area contributed by atoms with Gasteiger partial charge >= 0.3 is 0 Å². The highest BCUT2D eigenvalue weighted by atomic mass is 32.1. The lowest BCUT2D eigenvalue weighted by Crippen LogP contribution is -2.08. The minimum Gasteiger partial charge on any atom is -0.299 e. The van der Waals surface area contributed by atoms with Crippen LogP contribution >= 0.6 is 11.3 Å². The van der Waals surface area contributed by atoms with E-state index in [2.05, 4.69) is 0 Å². The Labute approximate surface area is 81.6 Å². The van der Waals surface area contributed by atoms with Crippen molar-refractivity contribution >= 4 is 23.4 Å². The third kappa shape index (κ3) is 2.77. The molecule has 0 spiro atoms. The van der Waals surface area contributed by atoms with Crippen LogP contribution in [0, 0.1) is 5.92 Å². The zero-order chi connectivity index (χ0) is 9.84. The summed E-state index contributed by atoms with van der Waals surface area (Å²) in [4.78, 5) is 23.4. The summed E-state index contributed by atoms with van der Waals surface area (Å²) in [7, 11) is 0. The summed E-state index contributed by atoms with van der Waals surface area (Å²) in [6.07, 6.45) is 1.27. The first-order valence-corrected chi connectivity index (χ1v) is 5.01. The lowest BCUT2D eigenvalue weighted by atomic mass is 10.1. The number of thiophene rings is 1. The molecular weight excluding hydrogens is 184 g/mol. The molecule has 0 aliphatic heterocycles. The zero-order valence-corrected chi connectivity index (χ0v) is 8.56. The van der Waals surface area contributed by atoms with Gasteiger partial charge in [0.2, 0.25) is 0 Å². The Balaban J connectivity index is 2.64. The van der Waals surface area contributed by atoms with Gasteiger partial charge in [-0.05, 0) is 12.1 Å². The molecule has 1 heterocycles. The lowest BCUT2D eigenvalue weighted by molar-refractivity contribution is -0.121. The molecule has 0 saturated heterocycles. The molecule has 1 aromatic rings. The first-order chi connectivity index (χ1) is 6.13. The number of ketones is 1. The molecule has 0 aliphatic carbocycles. The van der Waals surface area contributed by atoms with E-state index in [-0.39, 0.29) is 11.7 Å². The van der Waals surface area contributed by atoms with E-state index in [0.717, 1.165) is 11.2 Å². The number of carbonyl (C=O) groups is 2. The zero-order valence-electron chi connectivity index (χ0n) is 7.74. The standard InChI is InChI=1S/C10H12O2S/c1-7(2)10(12)5-8-3-4-9(6-11)13-8/h3-4,6-7H,5H2,1-2H3. The molecule has 0 saturated carbocycles. The third-order valence-corrected chi connectivity index (χ3v) is 2.80. The Hall–Kier alpha value is -0.960. The Morgan fingerprint density at radius 3 is 2.69 bits per heavy atom. The van der Waals surface area contributed by atoms with Crippen molar-refractivity contribution in [2.75, 3.05) is 0 Å². The highest BCUT2D eigenvalue weighted by molar-refractivity contribution is 7.13. The Bertz CT molecular complexity index is 312. The maximum Gasteiger partial charge on any atom is 0.160 e. The van der Waals surface area contributed by atoms with Gasteiger partial charge in [0.15, 0.2) is 6.29 Å². The van der Waals surface area contributed by atoms with Crippen molar-refractivity contribution in [3.63, 3.8) is 0 Å². The molecule has 1 aromatic heterocycles. The van der Waals surface area contributed by atoms with Crippen molar-refractivity contribution in [2.24, 2.45) is 5.92 Å². The number of rotatable bonds is 4. The smallest absolute Gasteiger partial charge is 0.160 e. The molecule has 0 bridgehead atoms. The molecule has 3 heteroatoms. The Morgan fingerprint density at radius 2 is 2.23 bits per heavy atom. The second kappa shape index (κ2) is 4.33. The Morgan fingerprint density at radius 1 is 1.54 bits per heavy atom. The molecule has 1 rings (SSSR count). The van der Waals surface area contributed by atoms with E-state index in [0.29, 0.717) is 11.3 Å². The van der Waals surface area contributed by atoms with Gasteiger partial charge in [0.25, 0.3) is 0 Å². The molecule has 0 amide bonds. The maximum absolute atomic E-state index is 11.3. The van der Waals surface area contributed by atoms with Crippen LogP contribution in [0.3, 0.4) is 0 Å². The summed E-state index contributed by atoms with van der Waals surface area (Å²) < 4.78 is 0. The van der Waals surface area contributed by atoms with E-state index in [1.165, 1.54) is 11.3 Å².